The van der Waals surface area contributed by atoms with Crippen LogP contribution in [-0.4, -0.2) is 22.7 Å². The Morgan fingerprint density at radius 3 is 2.76 bits per heavy atom. The predicted molar refractivity (Wildman–Crippen MR) is 120 cm³/mol. The van der Waals surface area contributed by atoms with Crippen molar-refractivity contribution in [3.63, 3.8) is 0 Å². The third kappa shape index (κ3) is 5.80. The minimum Gasteiger partial charge on any atom is -0.494 e. The minimum absolute atomic E-state index is 0.210. The summed E-state index contributed by atoms with van der Waals surface area (Å²) in [5, 5.41) is 2.30. The van der Waals surface area contributed by atoms with E-state index < -0.39 is 0 Å². The van der Waals surface area contributed by atoms with Crippen LogP contribution in [0.25, 0.3) is 5.57 Å². The van der Waals surface area contributed by atoms with Crippen molar-refractivity contribution in [3.05, 3.63) is 72.2 Å². The van der Waals surface area contributed by atoms with Gasteiger partial charge in [-0.3, -0.25) is 9.98 Å². The molecule has 1 atom stereocenters. The summed E-state index contributed by atoms with van der Waals surface area (Å²) >= 11 is 1.71. The molecule has 0 amide bonds. The molecule has 0 N–H and O–H groups in total. The molecule has 0 aromatic heterocycles. The Morgan fingerprint density at radius 2 is 1.90 bits per heavy atom. The fourth-order valence-corrected chi connectivity index (χ4v) is 4.67. The number of hydrogen-bond acceptors (Lipinski definition) is 4. The van der Waals surface area contributed by atoms with E-state index in [1.165, 1.54) is 11.1 Å². The first-order valence-electron chi connectivity index (χ1n) is 10.2. The van der Waals surface area contributed by atoms with Gasteiger partial charge in [0, 0.05) is 12.6 Å². The van der Waals surface area contributed by atoms with Gasteiger partial charge in [0.05, 0.1) is 22.7 Å². The number of para-hydroxylation sites is 1. The van der Waals surface area contributed by atoms with Crippen LogP contribution in [0, 0.1) is 5.82 Å². The number of ether oxygens (including phenoxy) is 1. The third-order valence-electron chi connectivity index (χ3n) is 5.03. The zero-order valence-electron chi connectivity index (χ0n) is 16.4. The molecular formula is C24H25FN2OS. The summed E-state index contributed by atoms with van der Waals surface area (Å²) in [6.45, 7) is 0.750. The summed E-state index contributed by atoms with van der Waals surface area (Å²) < 4.78 is 19.3. The Labute approximate surface area is 175 Å². The van der Waals surface area contributed by atoms with Crippen molar-refractivity contribution in [2.24, 2.45) is 9.98 Å². The molecule has 0 saturated carbocycles. The number of fused-ring (bicyclic) bond motifs is 2. The van der Waals surface area contributed by atoms with Crippen LogP contribution in [0.3, 0.4) is 0 Å². The molecule has 150 valence electrons. The first-order chi connectivity index (χ1) is 14.3. The lowest BCUT2D eigenvalue weighted by atomic mass is 9.99. The lowest BCUT2D eigenvalue weighted by molar-refractivity contribution is 0.306. The highest BCUT2D eigenvalue weighted by molar-refractivity contribution is 8.26. The maximum atomic E-state index is 13.6. The normalized spacial score (nSPS) is 18.4. The van der Waals surface area contributed by atoms with E-state index in [2.05, 4.69) is 4.99 Å². The maximum absolute atomic E-state index is 13.6. The van der Waals surface area contributed by atoms with Gasteiger partial charge >= 0.3 is 0 Å². The Bertz CT molecular complexity index is 923. The van der Waals surface area contributed by atoms with Gasteiger partial charge in [-0.05, 0) is 67.5 Å². The number of hydrogen-bond donors (Lipinski definition) is 0. The van der Waals surface area contributed by atoms with Gasteiger partial charge in [-0.15, -0.1) is 0 Å². The molecule has 29 heavy (non-hydrogen) atoms. The summed E-state index contributed by atoms with van der Waals surface area (Å²) in [4.78, 5) is 9.63. The van der Waals surface area contributed by atoms with Crippen molar-refractivity contribution in [2.45, 2.75) is 44.6 Å². The fraction of sp³-hybridized carbons (Fsp3) is 0.333. The average Bonchev–Trinajstić information content (AvgIpc) is 2.89. The van der Waals surface area contributed by atoms with Crippen LogP contribution in [0.1, 0.15) is 44.1 Å². The van der Waals surface area contributed by atoms with Crippen molar-refractivity contribution in [3.8, 4) is 5.75 Å². The standard InChI is InChI=1S/C24H25FN2OS/c25-20-9-7-8-18(14-20)19-15-21-16-24(26-17-19)29-23(27-21)12-5-2-6-13-28-22-10-3-1-4-11-22/h1,3-4,7-11,14,17,21H,2,5-6,12-13,15-16H2. The fourth-order valence-electron chi connectivity index (χ4n) is 3.57. The predicted octanol–water partition coefficient (Wildman–Crippen LogP) is 6.51. The molecule has 0 saturated heterocycles. The van der Waals surface area contributed by atoms with Crippen molar-refractivity contribution in [1.29, 1.82) is 0 Å². The SMILES string of the molecule is Fc1cccc(C2=CN=C3CC(C2)N=C(CCCCCOc2ccccc2)S3)c1. The van der Waals surface area contributed by atoms with Crippen LogP contribution in [0.2, 0.25) is 0 Å². The minimum atomic E-state index is -0.210. The van der Waals surface area contributed by atoms with Crippen LogP contribution in [0.4, 0.5) is 4.39 Å². The Balaban J connectivity index is 1.25. The maximum Gasteiger partial charge on any atom is 0.123 e. The number of benzene rings is 2. The largest absolute Gasteiger partial charge is 0.494 e. The smallest absolute Gasteiger partial charge is 0.123 e. The summed E-state index contributed by atoms with van der Waals surface area (Å²) in [5.74, 6) is 0.724. The number of unbranched alkanes of at least 4 members (excludes halogenated alkanes) is 2. The summed E-state index contributed by atoms with van der Waals surface area (Å²) in [5.41, 5.74) is 1.97. The molecule has 0 spiro atoms. The van der Waals surface area contributed by atoms with E-state index in [1.807, 2.05) is 42.6 Å². The van der Waals surface area contributed by atoms with E-state index in [4.69, 9.17) is 9.73 Å². The number of halogens is 1. The van der Waals surface area contributed by atoms with E-state index in [0.29, 0.717) is 0 Å². The summed E-state index contributed by atoms with van der Waals surface area (Å²) in [7, 11) is 0. The monoisotopic (exact) mass is 408 g/mol. The average molecular weight is 409 g/mol. The first-order valence-corrected chi connectivity index (χ1v) is 11.0. The van der Waals surface area contributed by atoms with E-state index in [-0.39, 0.29) is 11.9 Å². The molecule has 0 fully saturated rings. The molecule has 0 aliphatic carbocycles. The van der Waals surface area contributed by atoms with E-state index in [1.54, 1.807) is 23.9 Å². The topological polar surface area (TPSA) is 34.0 Å². The van der Waals surface area contributed by atoms with E-state index in [9.17, 15) is 4.39 Å². The number of rotatable bonds is 8. The zero-order valence-corrected chi connectivity index (χ0v) is 17.2. The second-order valence-corrected chi connectivity index (χ2v) is 8.49. The van der Waals surface area contributed by atoms with Gasteiger partial charge in [-0.2, -0.15) is 0 Å². The molecule has 2 aliphatic rings. The lowest BCUT2D eigenvalue weighted by Gasteiger charge is -2.20. The van der Waals surface area contributed by atoms with E-state index >= 15 is 0 Å². The van der Waals surface area contributed by atoms with Gasteiger partial charge in [-0.1, -0.05) is 42.1 Å². The quantitative estimate of drug-likeness (QED) is 0.466. The van der Waals surface area contributed by atoms with Crippen molar-refractivity contribution in [2.75, 3.05) is 6.61 Å². The highest BCUT2D eigenvalue weighted by Crippen LogP contribution is 2.33. The highest BCUT2D eigenvalue weighted by Gasteiger charge is 2.24. The number of thioether (sulfide) groups is 1. The van der Waals surface area contributed by atoms with Crippen LogP contribution >= 0.6 is 11.8 Å². The van der Waals surface area contributed by atoms with Gasteiger partial charge < -0.3 is 4.74 Å². The third-order valence-corrected chi connectivity index (χ3v) is 6.09. The van der Waals surface area contributed by atoms with Crippen molar-refractivity contribution >= 4 is 27.4 Å². The van der Waals surface area contributed by atoms with Gasteiger partial charge in [0.1, 0.15) is 11.6 Å². The lowest BCUT2D eigenvalue weighted by Crippen LogP contribution is -2.18. The molecule has 2 aromatic carbocycles. The van der Waals surface area contributed by atoms with Crippen LogP contribution < -0.4 is 4.74 Å². The molecule has 2 heterocycles. The number of nitrogens with zero attached hydrogens (tertiary/aromatic N) is 2. The molecule has 0 radical (unpaired) electrons. The molecule has 1 unspecified atom stereocenters. The summed E-state index contributed by atoms with van der Waals surface area (Å²) in [6.07, 6.45) is 7.85. The Morgan fingerprint density at radius 1 is 1.00 bits per heavy atom. The zero-order chi connectivity index (χ0) is 19.9. The Hall–Kier alpha value is -2.40. The molecule has 2 aromatic rings. The molecule has 2 aliphatic heterocycles. The van der Waals surface area contributed by atoms with E-state index in [0.717, 1.165) is 67.1 Å². The number of aliphatic imine (C=N–C) groups is 2. The Kier molecular flexibility index (Phi) is 6.78. The van der Waals surface area contributed by atoms with Gasteiger partial charge in [0.15, 0.2) is 0 Å². The molecule has 4 rings (SSSR count). The highest BCUT2D eigenvalue weighted by atomic mass is 32.2. The second kappa shape index (κ2) is 9.88. The van der Waals surface area contributed by atoms with Crippen molar-refractivity contribution in [1.82, 2.24) is 0 Å². The van der Waals surface area contributed by atoms with Gasteiger partial charge in [-0.25, -0.2) is 4.39 Å². The van der Waals surface area contributed by atoms with Crippen molar-refractivity contribution < 1.29 is 9.13 Å². The second-order valence-electron chi connectivity index (χ2n) is 7.35. The van der Waals surface area contributed by atoms with Gasteiger partial charge in [0.2, 0.25) is 0 Å². The molecule has 2 bridgehead atoms. The van der Waals surface area contributed by atoms with Gasteiger partial charge in [0.25, 0.3) is 0 Å². The molecule has 3 nitrogen and oxygen atoms in total. The summed E-state index contributed by atoms with van der Waals surface area (Å²) in [6, 6.07) is 16.9. The molecular weight excluding hydrogens is 383 g/mol. The van der Waals surface area contributed by atoms with Crippen LogP contribution in [0.5, 0.6) is 5.75 Å². The molecule has 5 heteroatoms. The van der Waals surface area contributed by atoms with Crippen LogP contribution in [-0.2, 0) is 0 Å². The first kappa shape index (κ1) is 19.9. The van der Waals surface area contributed by atoms with Crippen LogP contribution in [0.15, 0.2) is 70.8 Å².